The minimum absolute atomic E-state index is 0.0308. The molecule has 1 aliphatic heterocycles. The quantitative estimate of drug-likeness (QED) is 0.520. The van der Waals surface area contributed by atoms with Crippen LogP contribution < -0.4 is 14.8 Å². The number of carbonyl (C=O) groups is 3. The monoisotopic (exact) mass is 424 g/mol. The standard InChI is InChI=1S/C24H28N2O5/c1-18(27)31-22-9-5-6-20(16-22)24(29)26-13-10-19(11-14-26)17-25-23(28)12-15-30-21-7-3-2-4-8-21/h2-9,16,19H,10-15,17H2,1H3,(H,25,28). The van der Waals surface area contributed by atoms with Crippen LogP contribution in [0.3, 0.4) is 0 Å². The van der Waals surface area contributed by atoms with Crippen LogP contribution in [0.15, 0.2) is 54.6 Å². The zero-order valence-electron chi connectivity index (χ0n) is 17.7. The second kappa shape index (κ2) is 11.2. The number of nitrogens with zero attached hydrogens (tertiary/aromatic N) is 1. The van der Waals surface area contributed by atoms with Crippen molar-refractivity contribution in [2.75, 3.05) is 26.2 Å². The number of amides is 2. The average Bonchev–Trinajstić information content (AvgIpc) is 2.78. The molecule has 3 rings (SSSR count). The molecule has 0 spiro atoms. The number of benzene rings is 2. The zero-order valence-corrected chi connectivity index (χ0v) is 17.7. The van der Waals surface area contributed by atoms with Crippen molar-refractivity contribution < 1.29 is 23.9 Å². The number of rotatable bonds is 8. The van der Waals surface area contributed by atoms with Crippen molar-refractivity contribution in [1.82, 2.24) is 10.2 Å². The van der Waals surface area contributed by atoms with Gasteiger partial charge in [-0.15, -0.1) is 0 Å². The fourth-order valence-electron chi connectivity index (χ4n) is 3.51. The number of nitrogens with one attached hydrogen (secondary N) is 1. The van der Waals surface area contributed by atoms with E-state index in [0.717, 1.165) is 18.6 Å². The summed E-state index contributed by atoms with van der Waals surface area (Å²) in [4.78, 5) is 37.7. The van der Waals surface area contributed by atoms with Gasteiger partial charge in [0, 0.05) is 32.1 Å². The van der Waals surface area contributed by atoms with E-state index in [-0.39, 0.29) is 11.8 Å². The Morgan fingerprint density at radius 1 is 1.00 bits per heavy atom. The first-order valence-electron chi connectivity index (χ1n) is 10.5. The van der Waals surface area contributed by atoms with E-state index in [9.17, 15) is 14.4 Å². The van der Waals surface area contributed by atoms with Crippen molar-refractivity contribution in [1.29, 1.82) is 0 Å². The van der Waals surface area contributed by atoms with Crippen molar-refractivity contribution in [2.45, 2.75) is 26.2 Å². The number of ether oxygens (including phenoxy) is 2. The molecule has 0 unspecified atom stereocenters. The fraction of sp³-hybridized carbons (Fsp3) is 0.375. The first kappa shape index (κ1) is 22.3. The van der Waals surface area contributed by atoms with Crippen molar-refractivity contribution in [2.24, 2.45) is 5.92 Å². The summed E-state index contributed by atoms with van der Waals surface area (Å²) in [6.07, 6.45) is 1.97. The van der Waals surface area contributed by atoms with Gasteiger partial charge in [0.2, 0.25) is 5.91 Å². The van der Waals surface area contributed by atoms with Crippen LogP contribution in [0.2, 0.25) is 0 Å². The average molecular weight is 424 g/mol. The predicted molar refractivity (Wildman–Crippen MR) is 116 cm³/mol. The van der Waals surface area contributed by atoms with Crippen LogP contribution in [-0.4, -0.2) is 48.9 Å². The van der Waals surface area contributed by atoms with Gasteiger partial charge in [-0.25, -0.2) is 0 Å². The molecule has 7 nitrogen and oxygen atoms in total. The molecular weight excluding hydrogens is 396 g/mol. The Hall–Kier alpha value is -3.35. The normalized spacial score (nSPS) is 14.0. The highest BCUT2D eigenvalue weighted by molar-refractivity contribution is 5.94. The molecule has 0 saturated carbocycles. The minimum Gasteiger partial charge on any atom is -0.493 e. The summed E-state index contributed by atoms with van der Waals surface area (Å²) in [5, 5.41) is 2.97. The topological polar surface area (TPSA) is 84.9 Å². The summed E-state index contributed by atoms with van der Waals surface area (Å²) in [7, 11) is 0. The SMILES string of the molecule is CC(=O)Oc1cccc(C(=O)N2CCC(CNC(=O)CCOc3ccccc3)CC2)c1. The van der Waals surface area contributed by atoms with E-state index < -0.39 is 5.97 Å². The number of carbonyl (C=O) groups excluding carboxylic acids is 3. The number of para-hydroxylation sites is 1. The number of esters is 1. The smallest absolute Gasteiger partial charge is 0.308 e. The molecule has 1 fully saturated rings. The van der Waals surface area contributed by atoms with Crippen LogP contribution >= 0.6 is 0 Å². The molecule has 1 heterocycles. The van der Waals surface area contributed by atoms with Crippen LogP contribution in [0.5, 0.6) is 11.5 Å². The third kappa shape index (κ3) is 7.13. The molecule has 164 valence electrons. The molecule has 1 saturated heterocycles. The van der Waals surface area contributed by atoms with Gasteiger partial charge in [0.15, 0.2) is 0 Å². The minimum atomic E-state index is -0.418. The molecule has 1 N–H and O–H groups in total. The third-order valence-corrected chi connectivity index (χ3v) is 5.17. The van der Waals surface area contributed by atoms with Crippen molar-refractivity contribution in [3.05, 3.63) is 60.2 Å². The Morgan fingerprint density at radius 3 is 2.42 bits per heavy atom. The lowest BCUT2D eigenvalue weighted by Gasteiger charge is -2.32. The summed E-state index contributed by atoms with van der Waals surface area (Å²) in [6.45, 7) is 3.54. The van der Waals surface area contributed by atoms with E-state index >= 15 is 0 Å². The molecule has 2 aromatic rings. The summed E-state index contributed by atoms with van der Waals surface area (Å²) in [6, 6.07) is 16.1. The van der Waals surface area contributed by atoms with Gasteiger partial charge in [-0.3, -0.25) is 14.4 Å². The number of hydrogen-bond acceptors (Lipinski definition) is 5. The van der Waals surface area contributed by atoms with Crippen LogP contribution in [0.4, 0.5) is 0 Å². The van der Waals surface area contributed by atoms with Gasteiger partial charge in [-0.2, -0.15) is 0 Å². The molecule has 31 heavy (non-hydrogen) atoms. The Kier molecular flexibility index (Phi) is 8.04. The van der Waals surface area contributed by atoms with Crippen molar-refractivity contribution in [3.8, 4) is 11.5 Å². The van der Waals surface area contributed by atoms with Crippen molar-refractivity contribution in [3.63, 3.8) is 0 Å². The largest absolute Gasteiger partial charge is 0.493 e. The van der Waals surface area contributed by atoms with Gasteiger partial charge in [0.1, 0.15) is 11.5 Å². The molecule has 0 atom stereocenters. The summed E-state index contributed by atoms with van der Waals surface area (Å²) in [5.74, 6) is 0.943. The van der Waals surface area contributed by atoms with Gasteiger partial charge < -0.3 is 19.7 Å². The van der Waals surface area contributed by atoms with Crippen LogP contribution in [0.1, 0.15) is 36.5 Å². The van der Waals surface area contributed by atoms with E-state index in [4.69, 9.17) is 9.47 Å². The summed E-state index contributed by atoms with van der Waals surface area (Å²) in [5.41, 5.74) is 0.504. The van der Waals surface area contributed by atoms with E-state index in [1.165, 1.54) is 6.92 Å². The maximum absolute atomic E-state index is 12.7. The highest BCUT2D eigenvalue weighted by Gasteiger charge is 2.24. The van der Waals surface area contributed by atoms with E-state index in [1.54, 1.807) is 29.2 Å². The lowest BCUT2D eigenvalue weighted by Crippen LogP contribution is -2.41. The van der Waals surface area contributed by atoms with Gasteiger partial charge in [-0.05, 0) is 49.1 Å². The molecule has 0 bridgehead atoms. The van der Waals surface area contributed by atoms with E-state index in [0.29, 0.717) is 49.9 Å². The second-order valence-corrected chi connectivity index (χ2v) is 7.57. The van der Waals surface area contributed by atoms with Crippen LogP contribution in [0.25, 0.3) is 0 Å². The van der Waals surface area contributed by atoms with Crippen LogP contribution in [0, 0.1) is 5.92 Å². The van der Waals surface area contributed by atoms with Gasteiger partial charge in [0.05, 0.1) is 13.0 Å². The molecule has 7 heteroatoms. The molecule has 1 aliphatic rings. The highest BCUT2D eigenvalue weighted by atomic mass is 16.5. The van der Waals surface area contributed by atoms with Gasteiger partial charge in [0.25, 0.3) is 5.91 Å². The van der Waals surface area contributed by atoms with Gasteiger partial charge in [-0.1, -0.05) is 24.3 Å². The highest BCUT2D eigenvalue weighted by Crippen LogP contribution is 2.21. The fourth-order valence-corrected chi connectivity index (χ4v) is 3.51. The maximum Gasteiger partial charge on any atom is 0.308 e. The van der Waals surface area contributed by atoms with Crippen molar-refractivity contribution >= 4 is 17.8 Å². The number of hydrogen-bond donors (Lipinski definition) is 1. The molecule has 2 amide bonds. The molecule has 0 aliphatic carbocycles. The number of likely N-dealkylation sites (tertiary alicyclic amines) is 1. The summed E-state index contributed by atoms with van der Waals surface area (Å²) >= 11 is 0. The van der Waals surface area contributed by atoms with E-state index in [1.807, 2.05) is 30.3 Å². The molecular formula is C24H28N2O5. The number of piperidine rings is 1. The zero-order chi connectivity index (χ0) is 22.1. The second-order valence-electron chi connectivity index (χ2n) is 7.57. The Labute approximate surface area is 182 Å². The predicted octanol–water partition coefficient (Wildman–Crippen LogP) is 3.05. The lowest BCUT2D eigenvalue weighted by atomic mass is 9.96. The first-order chi connectivity index (χ1) is 15.0. The maximum atomic E-state index is 12.7. The first-order valence-corrected chi connectivity index (χ1v) is 10.5. The Bertz CT molecular complexity index is 892. The molecule has 2 aromatic carbocycles. The Morgan fingerprint density at radius 2 is 1.71 bits per heavy atom. The molecule has 0 radical (unpaired) electrons. The lowest BCUT2D eigenvalue weighted by molar-refractivity contribution is -0.131. The van der Waals surface area contributed by atoms with Crippen LogP contribution in [-0.2, 0) is 9.59 Å². The Balaban J connectivity index is 1.37. The third-order valence-electron chi connectivity index (χ3n) is 5.17. The summed E-state index contributed by atoms with van der Waals surface area (Å²) < 4.78 is 10.6. The van der Waals surface area contributed by atoms with Gasteiger partial charge >= 0.3 is 5.97 Å². The van der Waals surface area contributed by atoms with E-state index in [2.05, 4.69) is 5.32 Å². The molecule has 0 aromatic heterocycles.